The Balaban J connectivity index is 2.60. The van der Waals surface area contributed by atoms with E-state index in [4.69, 9.17) is 23.2 Å². The number of Topliss-reactive ketones (excluding diaryl/α,β-unsaturated/α-hetero) is 2. The molecule has 0 saturated heterocycles. The molecule has 5 heteroatoms. The summed E-state index contributed by atoms with van der Waals surface area (Å²) < 4.78 is 0. The highest BCUT2D eigenvalue weighted by molar-refractivity contribution is 6.34. The van der Waals surface area contributed by atoms with Crippen LogP contribution in [0, 0.1) is 0 Å². The van der Waals surface area contributed by atoms with Gasteiger partial charge in [-0.2, -0.15) is 0 Å². The number of aliphatic hydroxyl groups excluding tert-OH is 1. The van der Waals surface area contributed by atoms with Gasteiger partial charge < -0.3 is 5.11 Å². The van der Waals surface area contributed by atoms with Gasteiger partial charge in [-0.05, 0) is 0 Å². The van der Waals surface area contributed by atoms with E-state index < -0.39 is 22.7 Å². The number of fused-ring (bicyclic) bond motifs is 1. The van der Waals surface area contributed by atoms with Crippen molar-refractivity contribution in [3.05, 3.63) is 58.3 Å². The van der Waals surface area contributed by atoms with E-state index in [2.05, 4.69) is 0 Å². The minimum absolute atomic E-state index is 0.141. The molecule has 0 saturated carbocycles. The number of halogens is 2. The van der Waals surface area contributed by atoms with Crippen LogP contribution in [0.4, 0.5) is 0 Å². The third-order valence-electron chi connectivity index (χ3n) is 2.65. The van der Waals surface area contributed by atoms with E-state index in [1.165, 1.54) is 18.2 Å². The molecule has 1 aromatic rings. The molecule has 0 radical (unpaired) electrons. The lowest BCUT2D eigenvalue weighted by atomic mass is 9.86. The minimum atomic E-state index is -0.938. The molecule has 2 rings (SSSR count). The molecule has 0 heterocycles. The molecule has 0 aliphatic heterocycles. The number of aliphatic hydroxyl groups is 1. The summed E-state index contributed by atoms with van der Waals surface area (Å²) in [6, 6.07) is 6.28. The summed E-state index contributed by atoms with van der Waals surface area (Å²) in [6.07, 6.45) is 1.31. The molecule has 1 aliphatic carbocycles. The van der Waals surface area contributed by atoms with Crippen molar-refractivity contribution in [2.75, 3.05) is 0 Å². The molecule has 0 aromatic heterocycles. The van der Waals surface area contributed by atoms with Gasteiger partial charge in [0.25, 0.3) is 0 Å². The Bertz CT molecular complexity index is 588. The van der Waals surface area contributed by atoms with E-state index in [9.17, 15) is 14.7 Å². The van der Waals surface area contributed by atoms with Crippen molar-refractivity contribution in [2.24, 2.45) is 0 Å². The van der Waals surface area contributed by atoms with E-state index >= 15 is 0 Å². The van der Waals surface area contributed by atoms with Crippen LogP contribution in [0.5, 0.6) is 0 Å². The standard InChI is InChI=1S/C13H8Cl2O3/c14-6-5-9(15)10-11(16)7-3-1-2-4-8(7)12(17)13(10)18/h1-6,9,18H. The molecule has 0 amide bonds. The zero-order valence-electron chi connectivity index (χ0n) is 9.06. The summed E-state index contributed by atoms with van der Waals surface area (Å²) in [4.78, 5) is 24.1. The van der Waals surface area contributed by atoms with Crippen LogP contribution in [0.3, 0.4) is 0 Å². The number of hydrogen-bond acceptors (Lipinski definition) is 3. The average molecular weight is 283 g/mol. The van der Waals surface area contributed by atoms with Gasteiger partial charge >= 0.3 is 0 Å². The second-order valence-electron chi connectivity index (χ2n) is 3.69. The molecule has 1 unspecified atom stereocenters. The Kier molecular flexibility index (Phi) is 3.55. The number of hydrogen-bond donors (Lipinski definition) is 1. The second-order valence-corrected chi connectivity index (χ2v) is 4.41. The van der Waals surface area contributed by atoms with Crippen molar-refractivity contribution < 1.29 is 14.7 Å². The second kappa shape index (κ2) is 4.96. The van der Waals surface area contributed by atoms with Crippen molar-refractivity contribution >= 4 is 34.8 Å². The molecule has 18 heavy (non-hydrogen) atoms. The Hall–Kier alpha value is -1.58. The van der Waals surface area contributed by atoms with Crippen molar-refractivity contribution in [3.63, 3.8) is 0 Å². The number of alkyl halides is 1. The van der Waals surface area contributed by atoms with Crippen molar-refractivity contribution in [1.29, 1.82) is 0 Å². The van der Waals surface area contributed by atoms with Gasteiger partial charge in [0.05, 0.1) is 11.0 Å². The predicted molar refractivity (Wildman–Crippen MR) is 69.4 cm³/mol. The van der Waals surface area contributed by atoms with Crippen molar-refractivity contribution in [2.45, 2.75) is 5.38 Å². The van der Waals surface area contributed by atoms with E-state index in [0.29, 0.717) is 0 Å². The molecular formula is C13H8Cl2O3. The largest absolute Gasteiger partial charge is 0.504 e. The van der Waals surface area contributed by atoms with Crippen molar-refractivity contribution in [3.8, 4) is 0 Å². The number of benzene rings is 1. The molecule has 1 atom stereocenters. The summed E-state index contributed by atoms with van der Waals surface area (Å²) in [5.41, 5.74) is 1.42. The molecule has 3 nitrogen and oxygen atoms in total. The van der Waals surface area contributed by atoms with E-state index in [-0.39, 0.29) is 16.7 Å². The summed E-state index contributed by atoms with van der Waals surface area (Å²) in [5.74, 6) is -1.68. The molecular weight excluding hydrogens is 275 g/mol. The Morgan fingerprint density at radius 2 is 1.67 bits per heavy atom. The fraction of sp³-hybridized carbons (Fsp3) is 0.0769. The van der Waals surface area contributed by atoms with Crippen LogP contribution in [-0.4, -0.2) is 22.1 Å². The first-order chi connectivity index (χ1) is 8.57. The van der Waals surface area contributed by atoms with Gasteiger partial charge in [0.2, 0.25) is 5.78 Å². The van der Waals surface area contributed by atoms with Crippen LogP contribution in [-0.2, 0) is 0 Å². The maximum absolute atomic E-state index is 12.2. The molecule has 0 bridgehead atoms. The van der Waals surface area contributed by atoms with Gasteiger partial charge in [-0.15, -0.1) is 11.6 Å². The van der Waals surface area contributed by atoms with Crippen LogP contribution in [0.15, 0.2) is 47.2 Å². The normalized spacial score (nSPS) is 17.2. The SMILES string of the molecule is O=C1C(O)=C(C(Cl)C=CCl)C(=O)c2ccccc21. The van der Waals surface area contributed by atoms with E-state index in [1.54, 1.807) is 12.1 Å². The van der Waals surface area contributed by atoms with Gasteiger partial charge in [0.15, 0.2) is 11.5 Å². The molecule has 0 fully saturated rings. The number of carbonyl (C=O) groups is 2. The quantitative estimate of drug-likeness (QED) is 0.848. The number of rotatable bonds is 2. The number of allylic oxidation sites excluding steroid dienone is 3. The van der Waals surface area contributed by atoms with Gasteiger partial charge in [-0.25, -0.2) is 0 Å². The zero-order chi connectivity index (χ0) is 13.3. The first kappa shape index (κ1) is 12.9. The monoisotopic (exact) mass is 282 g/mol. The topological polar surface area (TPSA) is 54.4 Å². The van der Waals surface area contributed by atoms with E-state index in [0.717, 1.165) is 5.54 Å². The average Bonchev–Trinajstić information content (AvgIpc) is 2.37. The first-order valence-corrected chi connectivity index (χ1v) is 5.97. The summed E-state index contributed by atoms with van der Waals surface area (Å²) >= 11 is 11.3. The Morgan fingerprint density at radius 1 is 1.11 bits per heavy atom. The fourth-order valence-corrected chi connectivity index (χ4v) is 2.29. The highest BCUT2D eigenvalue weighted by Crippen LogP contribution is 2.29. The lowest BCUT2D eigenvalue weighted by molar-refractivity contribution is 0.0928. The lowest BCUT2D eigenvalue weighted by Gasteiger charge is -2.18. The number of carbonyl (C=O) groups excluding carboxylic acids is 2. The fourth-order valence-electron chi connectivity index (χ4n) is 1.80. The Morgan fingerprint density at radius 3 is 2.22 bits per heavy atom. The van der Waals surface area contributed by atoms with Gasteiger partial charge in [-0.1, -0.05) is 41.9 Å². The van der Waals surface area contributed by atoms with Crippen LogP contribution >= 0.6 is 23.2 Å². The van der Waals surface area contributed by atoms with Gasteiger partial charge in [0.1, 0.15) is 0 Å². The van der Waals surface area contributed by atoms with Crippen LogP contribution in [0.25, 0.3) is 0 Å². The molecule has 1 aliphatic rings. The van der Waals surface area contributed by atoms with Crippen LogP contribution < -0.4 is 0 Å². The first-order valence-electron chi connectivity index (χ1n) is 5.10. The van der Waals surface area contributed by atoms with Crippen LogP contribution in [0.1, 0.15) is 20.7 Å². The zero-order valence-corrected chi connectivity index (χ0v) is 10.6. The lowest BCUT2D eigenvalue weighted by Crippen LogP contribution is -2.26. The maximum Gasteiger partial charge on any atom is 0.228 e. The molecule has 1 N–H and O–H groups in total. The van der Waals surface area contributed by atoms with E-state index in [1.807, 2.05) is 0 Å². The minimum Gasteiger partial charge on any atom is -0.504 e. The third-order valence-corrected chi connectivity index (χ3v) is 3.16. The molecule has 0 spiro atoms. The Labute approximate surface area is 113 Å². The molecule has 92 valence electrons. The van der Waals surface area contributed by atoms with Gasteiger partial charge in [0, 0.05) is 16.7 Å². The number of ketones is 2. The van der Waals surface area contributed by atoms with Crippen LogP contribution in [0.2, 0.25) is 0 Å². The van der Waals surface area contributed by atoms with Gasteiger partial charge in [-0.3, -0.25) is 9.59 Å². The smallest absolute Gasteiger partial charge is 0.228 e. The maximum atomic E-state index is 12.2. The van der Waals surface area contributed by atoms with Crippen molar-refractivity contribution in [1.82, 2.24) is 0 Å². The third kappa shape index (κ3) is 1.96. The summed E-state index contributed by atoms with van der Waals surface area (Å²) in [6.45, 7) is 0. The summed E-state index contributed by atoms with van der Waals surface area (Å²) in [5, 5.41) is 8.86. The molecule has 1 aromatic carbocycles. The summed E-state index contributed by atoms with van der Waals surface area (Å²) in [7, 11) is 0. The highest BCUT2D eigenvalue weighted by Gasteiger charge is 2.34. The predicted octanol–water partition coefficient (Wildman–Crippen LogP) is 3.24. The highest BCUT2D eigenvalue weighted by atomic mass is 35.5.